The fourth-order valence-electron chi connectivity index (χ4n) is 3.80. The molecule has 2 fully saturated rings. The largest absolute Gasteiger partial charge is 0.378 e. The van der Waals surface area contributed by atoms with Crippen LogP contribution in [0.25, 0.3) is 0 Å². The molecule has 1 heterocycles. The van der Waals surface area contributed by atoms with Gasteiger partial charge in [0.15, 0.2) is 0 Å². The monoisotopic (exact) mass is 269 g/mol. The molecule has 0 amide bonds. The summed E-state index contributed by atoms with van der Waals surface area (Å²) in [4.78, 5) is 5.13. The van der Waals surface area contributed by atoms with Crippen molar-refractivity contribution in [2.45, 2.75) is 57.2 Å². The molecule has 0 aromatic rings. The van der Waals surface area contributed by atoms with E-state index < -0.39 is 0 Å². The van der Waals surface area contributed by atoms with Crippen molar-refractivity contribution in [2.75, 3.05) is 39.8 Å². The second-order valence-corrected chi connectivity index (χ2v) is 6.22. The molecule has 0 spiro atoms. The highest BCUT2D eigenvalue weighted by molar-refractivity contribution is 5.04. The molecule has 2 N–H and O–H groups in total. The highest BCUT2D eigenvalue weighted by atomic mass is 16.5. The Morgan fingerprint density at radius 2 is 2.11 bits per heavy atom. The summed E-state index contributed by atoms with van der Waals surface area (Å²) in [6.45, 7) is 9.52. The number of nitrogens with zero attached hydrogens (tertiary/aromatic N) is 2. The topological polar surface area (TPSA) is 41.7 Å². The van der Waals surface area contributed by atoms with Gasteiger partial charge in [-0.1, -0.05) is 6.92 Å². The molecule has 1 aliphatic heterocycles. The van der Waals surface area contributed by atoms with Crippen LogP contribution >= 0.6 is 0 Å². The van der Waals surface area contributed by atoms with Crippen molar-refractivity contribution in [1.82, 2.24) is 9.80 Å². The molecule has 2 rings (SSSR count). The Kier molecular flexibility index (Phi) is 5.23. The molecule has 4 heteroatoms. The van der Waals surface area contributed by atoms with Gasteiger partial charge in [-0.2, -0.15) is 0 Å². The Hall–Kier alpha value is -0.160. The maximum absolute atomic E-state index is 6.06. The van der Waals surface area contributed by atoms with Gasteiger partial charge < -0.3 is 10.5 Å². The first-order chi connectivity index (χ1) is 9.15. The van der Waals surface area contributed by atoms with Gasteiger partial charge in [0.25, 0.3) is 0 Å². The Balaban J connectivity index is 1.86. The highest BCUT2D eigenvalue weighted by Crippen LogP contribution is 2.39. The lowest BCUT2D eigenvalue weighted by Gasteiger charge is -2.53. The summed E-state index contributed by atoms with van der Waals surface area (Å²) in [6.07, 6.45) is 5.33. The second-order valence-electron chi connectivity index (χ2n) is 6.22. The van der Waals surface area contributed by atoms with Crippen molar-refractivity contribution in [1.29, 1.82) is 0 Å². The fourth-order valence-corrected chi connectivity index (χ4v) is 3.80. The Labute approximate surface area is 118 Å². The van der Waals surface area contributed by atoms with Crippen LogP contribution in [0.4, 0.5) is 0 Å². The van der Waals surface area contributed by atoms with Crippen molar-refractivity contribution in [3.8, 4) is 0 Å². The first-order valence-corrected chi connectivity index (χ1v) is 7.92. The summed E-state index contributed by atoms with van der Waals surface area (Å²) in [5.41, 5.74) is 6.25. The van der Waals surface area contributed by atoms with E-state index in [9.17, 15) is 0 Å². The Morgan fingerprint density at radius 3 is 2.68 bits per heavy atom. The average Bonchev–Trinajstić information content (AvgIpc) is 2.80. The maximum Gasteiger partial charge on any atom is 0.0611 e. The predicted octanol–water partition coefficient (Wildman–Crippen LogP) is 1.30. The molecule has 1 aliphatic carbocycles. The van der Waals surface area contributed by atoms with Crippen molar-refractivity contribution < 1.29 is 4.74 Å². The molecule has 0 aromatic carbocycles. The normalized spacial score (nSPS) is 35.8. The van der Waals surface area contributed by atoms with Crippen LogP contribution in [0.1, 0.15) is 39.5 Å². The maximum atomic E-state index is 6.06. The van der Waals surface area contributed by atoms with E-state index in [4.69, 9.17) is 10.5 Å². The number of nitrogens with two attached hydrogens (primary N) is 1. The minimum Gasteiger partial charge on any atom is -0.378 e. The summed E-state index contributed by atoms with van der Waals surface area (Å²) >= 11 is 0. The molecule has 1 saturated heterocycles. The van der Waals surface area contributed by atoms with Crippen molar-refractivity contribution >= 4 is 0 Å². The van der Waals surface area contributed by atoms with Crippen LogP contribution in [0.2, 0.25) is 0 Å². The van der Waals surface area contributed by atoms with E-state index in [-0.39, 0.29) is 5.54 Å². The number of rotatable bonds is 7. The number of likely N-dealkylation sites (N-methyl/N-ethyl adjacent to an activating group) is 2. The van der Waals surface area contributed by atoms with Crippen LogP contribution in [0.15, 0.2) is 0 Å². The van der Waals surface area contributed by atoms with Crippen molar-refractivity contribution in [3.05, 3.63) is 0 Å². The molecule has 4 nitrogen and oxygen atoms in total. The fraction of sp³-hybridized carbons (Fsp3) is 1.00. The van der Waals surface area contributed by atoms with Crippen LogP contribution in [-0.4, -0.2) is 67.3 Å². The molecular weight excluding hydrogens is 238 g/mol. The van der Waals surface area contributed by atoms with E-state index in [2.05, 4.69) is 30.7 Å². The van der Waals surface area contributed by atoms with E-state index >= 15 is 0 Å². The first kappa shape index (κ1) is 15.2. The average molecular weight is 269 g/mol. The van der Waals surface area contributed by atoms with E-state index in [1.165, 1.54) is 25.9 Å². The van der Waals surface area contributed by atoms with Crippen molar-refractivity contribution in [3.63, 3.8) is 0 Å². The molecule has 1 unspecified atom stereocenters. The molecule has 1 saturated carbocycles. The summed E-state index contributed by atoms with van der Waals surface area (Å²) in [7, 11) is 2.25. The number of ether oxygens (including phenoxy) is 1. The molecule has 1 atom stereocenters. The third-order valence-corrected chi connectivity index (χ3v) is 5.20. The van der Waals surface area contributed by atoms with Crippen LogP contribution in [0, 0.1) is 0 Å². The third-order valence-electron chi connectivity index (χ3n) is 5.20. The van der Waals surface area contributed by atoms with Gasteiger partial charge >= 0.3 is 0 Å². The zero-order valence-electron chi connectivity index (χ0n) is 12.9. The smallest absolute Gasteiger partial charge is 0.0611 e. The van der Waals surface area contributed by atoms with Gasteiger partial charge in [0.1, 0.15) is 0 Å². The Bertz CT molecular complexity index is 279. The van der Waals surface area contributed by atoms with E-state index in [1.54, 1.807) is 0 Å². The minimum atomic E-state index is 0.196. The standard InChI is InChI=1S/C15H31N3O/c1-4-18-8-6-7-13(18)11-17(3)15(12-16)9-14(10-15)19-5-2/h13-14H,4-12,16H2,1-3H3. The predicted molar refractivity (Wildman–Crippen MR) is 79.3 cm³/mol. The number of hydrogen-bond acceptors (Lipinski definition) is 4. The van der Waals surface area contributed by atoms with Gasteiger partial charge in [0, 0.05) is 31.3 Å². The minimum absolute atomic E-state index is 0.196. The summed E-state index contributed by atoms with van der Waals surface area (Å²) in [5.74, 6) is 0. The number of likely N-dealkylation sites (tertiary alicyclic amines) is 1. The molecule has 0 aromatic heterocycles. The quantitative estimate of drug-likeness (QED) is 0.756. The van der Waals surface area contributed by atoms with E-state index in [0.29, 0.717) is 6.10 Å². The number of hydrogen-bond donors (Lipinski definition) is 1. The Morgan fingerprint density at radius 1 is 1.37 bits per heavy atom. The van der Waals surface area contributed by atoms with Gasteiger partial charge in [-0.25, -0.2) is 0 Å². The summed E-state index contributed by atoms with van der Waals surface area (Å²) in [6, 6.07) is 0.726. The first-order valence-electron chi connectivity index (χ1n) is 7.92. The lowest BCUT2D eigenvalue weighted by Crippen LogP contribution is -2.64. The van der Waals surface area contributed by atoms with Crippen LogP contribution in [0.3, 0.4) is 0 Å². The zero-order valence-corrected chi connectivity index (χ0v) is 12.9. The molecular formula is C15H31N3O. The van der Waals surface area contributed by atoms with E-state index in [1.807, 2.05) is 0 Å². The van der Waals surface area contributed by atoms with Crippen LogP contribution in [-0.2, 0) is 4.74 Å². The highest BCUT2D eigenvalue weighted by Gasteiger charge is 2.47. The lowest BCUT2D eigenvalue weighted by molar-refractivity contribution is -0.0959. The summed E-state index contributed by atoms with van der Waals surface area (Å²) in [5, 5.41) is 0. The van der Waals surface area contributed by atoms with Gasteiger partial charge in [-0.05, 0) is 52.7 Å². The SMILES string of the molecule is CCOC1CC(CN)(N(C)CC2CCCN2CC)C1. The van der Waals surface area contributed by atoms with Gasteiger partial charge in [0.05, 0.1) is 6.10 Å². The molecule has 19 heavy (non-hydrogen) atoms. The lowest BCUT2D eigenvalue weighted by atomic mass is 9.72. The third kappa shape index (κ3) is 3.13. The van der Waals surface area contributed by atoms with E-state index in [0.717, 1.165) is 38.6 Å². The molecule has 0 radical (unpaired) electrons. The van der Waals surface area contributed by atoms with Gasteiger partial charge in [0.2, 0.25) is 0 Å². The van der Waals surface area contributed by atoms with Gasteiger partial charge in [-0.3, -0.25) is 9.80 Å². The molecule has 0 bridgehead atoms. The molecule has 112 valence electrons. The van der Waals surface area contributed by atoms with Gasteiger partial charge in [-0.15, -0.1) is 0 Å². The van der Waals surface area contributed by atoms with Crippen LogP contribution in [0.5, 0.6) is 0 Å². The zero-order chi connectivity index (χ0) is 13.9. The van der Waals surface area contributed by atoms with Crippen LogP contribution < -0.4 is 5.73 Å². The summed E-state index contributed by atoms with van der Waals surface area (Å²) < 4.78 is 5.70. The second kappa shape index (κ2) is 6.53. The molecule has 2 aliphatic rings. The van der Waals surface area contributed by atoms with Crippen molar-refractivity contribution in [2.24, 2.45) is 5.73 Å².